The molecule has 1 aromatic carbocycles. The predicted octanol–water partition coefficient (Wildman–Crippen LogP) is 0.692. The molecule has 12 heteroatoms. The number of para-hydroxylation sites is 1. The number of ether oxygens (including phenoxy) is 7. The van der Waals surface area contributed by atoms with E-state index < -0.39 is 73.8 Å². The summed E-state index contributed by atoms with van der Waals surface area (Å²) >= 11 is 0. The fourth-order valence-corrected chi connectivity index (χ4v) is 3.10. The van der Waals surface area contributed by atoms with Crippen LogP contribution < -0.4 is 4.74 Å². The van der Waals surface area contributed by atoms with Gasteiger partial charge in [-0.2, -0.15) is 0 Å². The first-order chi connectivity index (χ1) is 16.1. The lowest BCUT2D eigenvalue weighted by atomic mass is 9.98. The third kappa shape index (κ3) is 8.35. The summed E-state index contributed by atoms with van der Waals surface area (Å²) in [5.41, 5.74) is 0. The Balaban J connectivity index is 2.33. The zero-order valence-electron chi connectivity index (χ0n) is 19.1. The van der Waals surface area contributed by atoms with Gasteiger partial charge in [0.25, 0.3) is 0 Å². The van der Waals surface area contributed by atoms with Crippen molar-refractivity contribution in [2.24, 2.45) is 0 Å². The summed E-state index contributed by atoms with van der Waals surface area (Å²) in [5.74, 6) is -3.57. The summed E-state index contributed by atoms with van der Waals surface area (Å²) in [7, 11) is 0. The molecule has 0 bridgehead atoms. The van der Waals surface area contributed by atoms with Crippen LogP contribution >= 0.6 is 0 Å². The van der Waals surface area contributed by atoms with E-state index in [2.05, 4.69) is 0 Å². The van der Waals surface area contributed by atoms with Crippen molar-refractivity contribution in [3.63, 3.8) is 0 Å². The van der Waals surface area contributed by atoms with Crippen molar-refractivity contribution >= 4 is 29.8 Å². The number of rotatable bonds is 9. The van der Waals surface area contributed by atoms with Gasteiger partial charge in [0.1, 0.15) is 18.5 Å². The Bertz CT molecular complexity index is 883. The summed E-state index contributed by atoms with van der Waals surface area (Å²) in [4.78, 5) is 59.1. The van der Waals surface area contributed by atoms with Gasteiger partial charge >= 0.3 is 29.8 Å². The SMILES string of the molecule is CC(=O)OC[C@@H]1O[C@@H](OC(C)=O)[C@@H](OC(C)=O)[C@H](OC(=O)COc2ccccc2)[C@H]1OC(C)=O. The van der Waals surface area contributed by atoms with Gasteiger partial charge in [0, 0.05) is 27.7 Å². The molecule has 34 heavy (non-hydrogen) atoms. The zero-order chi connectivity index (χ0) is 25.3. The molecule has 1 aliphatic rings. The highest BCUT2D eigenvalue weighted by Crippen LogP contribution is 2.30. The van der Waals surface area contributed by atoms with Crippen LogP contribution in [0, 0.1) is 0 Å². The van der Waals surface area contributed by atoms with E-state index in [9.17, 15) is 24.0 Å². The maximum Gasteiger partial charge on any atom is 0.344 e. The van der Waals surface area contributed by atoms with Crippen LogP contribution in [0.3, 0.4) is 0 Å². The number of hydrogen-bond donors (Lipinski definition) is 0. The molecule has 0 N–H and O–H groups in total. The van der Waals surface area contributed by atoms with Gasteiger partial charge in [0.2, 0.25) is 12.4 Å². The maximum absolute atomic E-state index is 12.6. The van der Waals surface area contributed by atoms with Crippen molar-refractivity contribution < 1.29 is 57.1 Å². The van der Waals surface area contributed by atoms with Crippen LogP contribution in [0.15, 0.2) is 30.3 Å². The third-order valence-electron chi connectivity index (χ3n) is 4.30. The van der Waals surface area contributed by atoms with Gasteiger partial charge in [-0.05, 0) is 12.1 Å². The lowest BCUT2D eigenvalue weighted by molar-refractivity contribution is -0.300. The van der Waals surface area contributed by atoms with Crippen LogP contribution in [-0.4, -0.2) is 73.8 Å². The molecule has 0 unspecified atom stereocenters. The van der Waals surface area contributed by atoms with Gasteiger partial charge in [-0.25, -0.2) is 4.79 Å². The van der Waals surface area contributed by atoms with Gasteiger partial charge in [0.15, 0.2) is 18.8 Å². The molecule has 5 atom stereocenters. The lowest BCUT2D eigenvalue weighted by Gasteiger charge is -2.43. The van der Waals surface area contributed by atoms with Crippen molar-refractivity contribution in [3.05, 3.63) is 30.3 Å². The summed E-state index contributed by atoms with van der Waals surface area (Å²) in [5, 5.41) is 0. The van der Waals surface area contributed by atoms with Crippen molar-refractivity contribution in [1.82, 2.24) is 0 Å². The molecular weight excluding hydrogens is 456 g/mol. The van der Waals surface area contributed by atoms with E-state index in [1.165, 1.54) is 0 Å². The average molecular weight is 482 g/mol. The standard InChI is InChI=1S/C22H26O12/c1-12(23)28-10-17-19(30-13(2)24)20(21(31-14(3)25)22(33-17)32-15(4)26)34-18(27)11-29-16-8-6-5-7-9-16/h5-9,17,19-22H,10-11H2,1-4H3/t17-,19-,20+,21-,22+/m0/s1. The first-order valence-corrected chi connectivity index (χ1v) is 10.2. The first kappa shape index (κ1) is 26.6. The quantitative estimate of drug-likeness (QED) is 0.360. The average Bonchev–Trinajstić information content (AvgIpc) is 2.74. The predicted molar refractivity (Wildman–Crippen MR) is 110 cm³/mol. The molecule has 0 aromatic heterocycles. The van der Waals surface area contributed by atoms with E-state index in [-0.39, 0.29) is 0 Å². The third-order valence-corrected chi connectivity index (χ3v) is 4.30. The minimum atomic E-state index is -1.55. The molecular formula is C22H26O12. The van der Waals surface area contributed by atoms with E-state index in [4.69, 9.17) is 33.2 Å². The van der Waals surface area contributed by atoms with E-state index in [0.717, 1.165) is 27.7 Å². The second-order valence-electron chi connectivity index (χ2n) is 7.16. The van der Waals surface area contributed by atoms with Crippen molar-refractivity contribution in [1.29, 1.82) is 0 Å². The van der Waals surface area contributed by atoms with Gasteiger partial charge < -0.3 is 33.2 Å². The fourth-order valence-electron chi connectivity index (χ4n) is 3.10. The second kappa shape index (κ2) is 12.5. The van der Waals surface area contributed by atoms with Crippen molar-refractivity contribution in [2.75, 3.05) is 13.2 Å². The molecule has 2 rings (SSSR count). The summed E-state index contributed by atoms with van der Waals surface area (Å²) in [6.45, 7) is 3.43. The topological polar surface area (TPSA) is 150 Å². The molecule has 0 saturated carbocycles. The molecule has 1 saturated heterocycles. The van der Waals surface area contributed by atoms with Crippen molar-refractivity contribution in [3.8, 4) is 5.75 Å². The van der Waals surface area contributed by atoms with E-state index in [1.807, 2.05) is 0 Å². The Morgan fingerprint density at radius 2 is 1.32 bits per heavy atom. The zero-order valence-corrected chi connectivity index (χ0v) is 19.1. The maximum atomic E-state index is 12.6. The monoisotopic (exact) mass is 482 g/mol. The summed E-state index contributed by atoms with van der Waals surface area (Å²) in [6.07, 6.45) is -7.15. The number of hydrogen-bond acceptors (Lipinski definition) is 12. The van der Waals surface area contributed by atoms with E-state index in [1.54, 1.807) is 30.3 Å². The first-order valence-electron chi connectivity index (χ1n) is 10.2. The highest BCUT2D eigenvalue weighted by atomic mass is 16.7. The van der Waals surface area contributed by atoms with Crippen LogP contribution in [0.5, 0.6) is 5.75 Å². The Morgan fingerprint density at radius 1 is 0.735 bits per heavy atom. The number of benzene rings is 1. The van der Waals surface area contributed by atoms with Crippen LogP contribution in [-0.2, 0) is 52.4 Å². The van der Waals surface area contributed by atoms with Gasteiger partial charge in [0.05, 0.1) is 0 Å². The number of carbonyl (C=O) groups is 5. The molecule has 1 aromatic rings. The molecule has 1 heterocycles. The van der Waals surface area contributed by atoms with Crippen molar-refractivity contribution in [2.45, 2.75) is 58.4 Å². The van der Waals surface area contributed by atoms with E-state index >= 15 is 0 Å². The number of esters is 5. The Labute approximate surface area is 195 Å². The van der Waals surface area contributed by atoms with Gasteiger partial charge in [-0.3, -0.25) is 19.2 Å². The highest BCUT2D eigenvalue weighted by Gasteiger charge is 2.53. The molecule has 1 fully saturated rings. The smallest absolute Gasteiger partial charge is 0.344 e. The number of carbonyl (C=O) groups excluding carboxylic acids is 5. The minimum absolute atomic E-state index is 0.394. The second-order valence-corrected chi connectivity index (χ2v) is 7.16. The Hall–Kier alpha value is -3.67. The van der Waals surface area contributed by atoms with Gasteiger partial charge in [-0.15, -0.1) is 0 Å². The van der Waals surface area contributed by atoms with Crippen LogP contribution in [0.1, 0.15) is 27.7 Å². The largest absolute Gasteiger partial charge is 0.482 e. The molecule has 1 aliphatic heterocycles. The van der Waals surface area contributed by atoms with Crippen LogP contribution in [0.25, 0.3) is 0 Å². The van der Waals surface area contributed by atoms with Crippen LogP contribution in [0.2, 0.25) is 0 Å². The van der Waals surface area contributed by atoms with E-state index in [0.29, 0.717) is 5.75 Å². The lowest BCUT2D eigenvalue weighted by Crippen LogP contribution is -2.63. The molecule has 0 amide bonds. The molecule has 0 spiro atoms. The fraction of sp³-hybridized carbons (Fsp3) is 0.500. The molecule has 186 valence electrons. The molecule has 12 nitrogen and oxygen atoms in total. The normalized spacial score (nSPS) is 23.7. The Morgan fingerprint density at radius 3 is 1.88 bits per heavy atom. The van der Waals surface area contributed by atoms with Crippen LogP contribution in [0.4, 0.5) is 0 Å². The Kier molecular flexibility index (Phi) is 9.80. The highest BCUT2D eigenvalue weighted by molar-refractivity contribution is 5.72. The molecule has 0 radical (unpaired) electrons. The molecule has 0 aliphatic carbocycles. The minimum Gasteiger partial charge on any atom is -0.482 e. The summed E-state index contributed by atoms with van der Waals surface area (Å²) in [6, 6.07) is 8.42. The van der Waals surface area contributed by atoms with Gasteiger partial charge in [-0.1, -0.05) is 18.2 Å². The summed E-state index contributed by atoms with van der Waals surface area (Å²) < 4.78 is 37.0.